The molecule has 126 valence electrons. The smallest absolute Gasteiger partial charge is 0.317 e. The third kappa shape index (κ3) is 4.55. The minimum atomic E-state index is 0.0278. The van der Waals surface area contributed by atoms with Crippen LogP contribution in [0.4, 0.5) is 4.79 Å². The molecule has 5 heteroatoms. The number of amides is 2. The second-order valence-electron chi connectivity index (χ2n) is 6.27. The van der Waals surface area contributed by atoms with E-state index in [-0.39, 0.29) is 6.03 Å². The highest BCUT2D eigenvalue weighted by Gasteiger charge is 2.20. The van der Waals surface area contributed by atoms with Crippen molar-refractivity contribution in [1.29, 1.82) is 0 Å². The van der Waals surface area contributed by atoms with Gasteiger partial charge in [-0.15, -0.1) is 0 Å². The van der Waals surface area contributed by atoms with Crippen molar-refractivity contribution in [2.75, 3.05) is 26.2 Å². The summed E-state index contributed by atoms with van der Waals surface area (Å²) in [4.78, 5) is 20.6. The van der Waals surface area contributed by atoms with Crippen LogP contribution in [0.1, 0.15) is 16.7 Å². The topological polar surface area (TPSA) is 48.5 Å². The molecular weight excluding hydrogens is 300 g/mol. The Hall–Kier alpha value is -2.40. The summed E-state index contributed by atoms with van der Waals surface area (Å²) >= 11 is 0. The van der Waals surface area contributed by atoms with Crippen molar-refractivity contribution in [2.24, 2.45) is 0 Å². The molecule has 1 aliphatic heterocycles. The number of nitrogens with one attached hydrogen (secondary N) is 1. The number of hydrogen-bond donors (Lipinski definition) is 1. The SMILES string of the molecule is Cc1cccc(CNC(=O)N2CCN(Cc3ccncc3)CC2)c1. The summed E-state index contributed by atoms with van der Waals surface area (Å²) in [6, 6.07) is 12.3. The van der Waals surface area contributed by atoms with E-state index < -0.39 is 0 Å². The second kappa shape index (κ2) is 7.93. The van der Waals surface area contributed by atoms with Crippen LogP contribution in [0.5, 0.6) is 0 Å². The molecule has 0 radical (unpaired) electrons. The van der Waals surface area contributed by atoms with Crippen LogP contribution in [0.3, 0.4) is 0 Å². The average Bonchev–Trinajstić information content (AvgIpc) is 2.61. The molecule has 5 nitrogen and oxygen atoms in total. The van der Waals surface area contributed by atoms with E-state index in [9.17, 15) is 4.79 Å². The Labute approximate surface area is 143 Å². The molecule has 0 aliphatic carbocycles. The fourth-order valence-corrected chi connectivity index (χ4v) is 2.97. The minimum absolute atomic E-state index is 0.0278. The molecule has 1 N–H and O–H groups in total. The summed E-state index contributed by atoms with van der Waals surface area (Å²) in [6.07, 6.45) is 3.65. The maximum Gasteiger partial charge on any atom is 0.317 e. The van der Waals surface area contributed by atoms with E-state index in [1.54, 1.807) is 0 Å². The number of benzene rings is 1. The molecule has 0 unspecified atom stereocenters. The van der Waals surface area contributed by atoms with Gasteiger partial charge in [0.05, 0.1) is 0 Å². The molecule has 0 spiro atoms. The Morgan fingerprint density at radius 1 is 1.08 bits per heavy atom. The van der Waals surface area contributed by atoms with E-state index in [2.05, 4.69) is 34.3 Å². The Morgan fingerprint density at radius 3 is 2.54 bits per heavy atom. The third-order valence-electron chi connectivity index (χ3n) is 4.34. The molecule has 3 rings (SSSR count). The van der Waals surface area contributed by atoms with Crippen LogP contribution in [-0.4, -0.2) is 47.0 Å². The van der Waals surface area contributed by atoms with Gasteiger partial charge in [-0.2, -0.15) is 0 Å². The van der Waals surface area contributed by atoms with Gasteiger partial charge in [-0.05, 0) is 30.2 Å². The van der Waals surface area contributed by atoms with Gasteiger partial charge in [0.25, 0.3) is 0 Å². The van der Waals surface area contributed by atoms with Gasteiger partial charge in [0, 0.05) is 51.7 Å². The fraction of sp³-hybridized carbons (Fsp3) is 0.368. The highest BCUT2D eigenvalue weighted by Crippen LogP contribution is 2.08. The zero-order valence-electron chi connectivity index (χ0n) is 14.1. The van der Waals surface area contributed by atoms with Gasteiger partial charge in [-0.3, -0.25) is 9.88 Å². The number of hydrogen-bond acceptors (Lipinski definition) is 3. The summed E-state index contributed by atoms with van der Waals surface area (Å²) in [5.74, 6) is 0. The molecule has 1 aliphatic rings. The highest BCUT2D eigenvalue weighted by molar-refractivity contribution is 5.74. The summed E-state index contributed by atoms with van der Waals surface area (Å²) in [7, 11) is 0. The quantitative estimate of drug-likeness (QED) is 0.939. The van der Waals surface area contributed by atoms with Gasteiger partial charge >= 0.3 is 6.03 Å². The molecule has 0 bridgehead atoms. The van der Waals surface area contributed by atoms with Gasteiger partial charge in [-0.1, -0.05) is 29.8 Å². The van der Waals surface area contributed by atoms with E-state index in [0.29, 0.717) is 6.54 Å². The van der Waals surface area contributed by atoms with Crippen LogP contribution in [-0.2, 0) is 13.1 Å². The largest absolute Gasteiger partial charge is 0.334 e. The molecule has 2 aromatic rings. The lowest BCUT2D eigenvalue weighted by Crippen LogP contribution is -2.51. The van der Waals surface area contributed by atoms with Crippen molar-refractivity contribution in [1.82, 2.24) is 20.1 Å². The Balaban J connectivity index is 1.43. The number of aromatic nitrogens is 1. The van der Waals surface area contributed by atoms with Crippen LogP contribution < -0.4 is 5.32 Å². The number of pyridine rings is 1. The summed E-state index contributed by atoms with van der Waals surface area (Å²) in [5.41, 5.74) is 3.62. The molecule has 2 amide bonds. The van der Waals surface area contributed by atoms with E-state index in [1.807, 2.05) is 41.6 Å². The Morgan fingerprint density at radius 2 is 1.83 bits per heavy atom. The van der Waals surface area contributed by atoms with Crippen LogP contribution in [0.25, 0.3) is 0 Å². The first-order chi connectivity index (χ1) is 11.7. The van der Waals surface area contributed by atoms with Crippen molar-refractivity contribution in [3.8, 4) is 0 Å². The van der Waals surface area contributed by atoms with Gasteiger partial charge in [0.1, 0.15) is 0 Å². The van der Waals surface area contributed by atoms with Gasteiger partial charge in [-0.25, -0.2) is 4.79 Å². The Kier molecular flexibility index (Phi) is 5.43. The van der Waals surface area contributed by atoms with Crippen LogP contribution in [0.15, 0.2) is 48.8 Å². The number of rotatable bonds is 4. The first-order valence-electron chi connectivity index (χ1n) is 8.40. The number of piperazine rings is 1. The monoisotopic (exact) mass is 324 g/mol. The first kappa shape index (κ1) is 16.5. The molecule has 0 atom stereocenters. The maximum absolute atomic E-state index is 12.3. The summed E-state index contributed by atoms with van der Waals surface area (Å²) in [5, 5.41) is 3.02. The number of urea groups is 1. The fourth-order valence-electron chi connectivity index (χ4n) is 2.97. The molecule has 1 aromatic heterocycles. The molecule has 1 fully saturated rings. The number of nitrogens with zero attached hydrogens (tertiary/aromatic N) is 3. The van der Waals surface area contributed by atoms with Crippen LogP contribution >= 0.6 is 0 Å². The normalized spacial score (nSPS) is 15.3. The lowest BCUT2D eigenvalue weighted by atomic mass is 10.1. The lowest BCUT2D eigenvalue weighted by Gasteiger charge is -2.34. The van der Waals surface area contributed by atoms with Crippen LogP contribution in [0.2, 0.25) is 0 Å². The molecule has 24 heavy (non-hydrogen) atoms. The third-order valence-corrected chi connectivity index (χ3v) is 4.34. The minimum Gasteiger partial charge on any atom is -0.334 e. The predicted molar refractivity (Wildman–Crippen MR) is 94.5 cm³/mol. The van der Waals surface area contributed by atoms with E-state index in [0.717, 1.165) is 38.3 Å². The molecule has 2 heterocycles. The highest BCUT2D eigenvalue weighted by atomic mass is 16.2. The molecule has 1 saturated heterocycles. The van der Waals surface area contributed by atoms with Crippen LogP contribution in [0, 0.1) is 6.92 Å². The zero-order chi connectivity index (χ0) is 16.8. The second-order valence-corrected chi connectivity index (χ2v) is 6.27. The summed E-state index contributed by atoms with van der Waals surface area (Å²) in [6.45, 7) is 6.90. The number of carbonyl (C=O) groups excluding carboxylic acids is 1. The van der Waals surface area contributed by atoms with E-state index >= 15 is 0 Å². The predicted octanol–water partition coefficient (Wildman–Crippen LogP) is 2.42. The first-order valence-corrected chi connectivity index (χ1v) is 8.40. The van der Waals surface area contributed by atoms with Crippen molar-refractivity contribution in [3.05, 3.63) is 65.5 Å². The molecular formula is C19H24N4O. The van der Waals surface area contributed by atoms with Crippen molar-refractivity contribution in [2.45, 2.75) is 20.0 Å². The van der Waals surface area contributed by atoms with Gasteiger partial charge < -0.3 is 10.2 Å². The molecule has 0 saturated carbocycles. The molecule has 1 aromatic carbocycles. The van der Waals surface area contributed by atoms with Crippen molar-refractivity contribution < 1.29 is 4.79 Å². The standard InChI is InChI=1S/C19H24N4O/c1-16-3-2-4-18(13-16)14-21-19(24)23-11-9-22(10-12-23)15-17-5-7-20-8-6-17/h2-8,13H,9-12,14-15H2,1H3,(H,21,24). The van der Waals surface area contributed by atoms with E-state index in [4.69, 9.17) is 0 Å². The van der Waals surface area contributed by atoms with Gasteiger partial charge in [0.15, 0.2) is 0 Å². The zero-order valence-corrected chi connectivity index (χ0v) is 14.1. The maximum atomic E-state index is 12.3. The van der Waals surface area contributed by atoms with Crippen molar-refractivity contribution in [3.63, 3.8) is 0 Å². The van der Waals surface area contributed by atoms with Crippen molar-refractivity contribution >= 4 is 6.03 Å². The number of aryl methyl sites for hydroxylation is 1. The Bertz CT molecular complexity index is 666. The lowest BCUT2D eigenvalue weighted by molar-refractivity contribution is 0.135. The number of carbonyl (C=O) groups is 1. The van der Waals surface area contributed by atoms with E-state index in [1.165, 1.54) is 11.1 Å². The van der Waals surface area contributed by atoms with Gasteiger partial charge in [0.2, 0.25) is 0 Å². The summed E-state index contributed by atoms with van der Waals surface area (Å²) < 4.78 is 0. The average molecular weight is 324 g/mol.